The highest BCUT2D eigenvalue weighted by Crippen LogP contribution is 2.28. The molecule has 3 nitrogen and oxygen atoms in total. The molecule has 0 aliphatic carbocycles. The first-order valence-electron chi connectivity index (χ1n) is 4.92. The van der Waals surface area contributed by atoms with E-state index in [-0.39, 0.29) is 11.6 Å². The highest BCUT2D eigenvalue weighted by molar-refractivity contribution is 9.10. The summed E-state index contributed by atoms with van der Waals surface area (Å²) in [4.78, 5) is 4.11. The molecule has 0 fully saturated rings. The molecule has 17 heavy (non-hydrogen) atoms. The number of nitrogens with two attached hydrogens (primary N) is 1. The maximum Gasteiger partial charge on any atom is 0.243 e. The van der Waals surface area contributed by atoms with Crippen LogP contribution in [0.25, 0.3) is 0 Å². The van der Waals surface area contributed by atoms with E-state index in [9.17, 15) is 4.39 Å². The molecular formula is C12H10BrFN2O. The van der Waals surface area contributed by atoms with Crippen LogP contribution in [0.3, 0.4) is 0 Å². The van der Waals surface area contributed by atoms with Gasteiger partial charge in [0.2, 0.25) is 5.88 Å². The molecule has 1 heterocycles. The van der Waals surface area contributed by atoms with Gasteiger partial charge < -0.3 is 10.5 Å². The van der Waals surface area contributed by atoms with Crippen LogP contribution in [0.15, 0.2) is 34.8 Å². The van der Waals surface area contributed by atoms with Gasteiger partial charge in [-0.1, -0.05) is 15.9 Å². The smallest absolute Gasteiger partial charge is 0.243 e. The van der Waals surface area contributed by atoms with Crippen LogP contribution >= 0.6 is 15.9 Å². The van der Waals surface area contributed by atoms with Gasteiger partial charge in [0.25, 0.3) is 0 Å². The fourth-order valence-electron chi connectivity index (χ4n) is 1.29. The van der Waals surface area contributed by atoms with E-state index in [1.807, 2.05) is 6.92 Å². The fraction of sp³-hybridized carbons (Fsp3) is 0.0833. The third-order valence-corrected chi connectivity index (χ3v) is 2.62. The molecule has 2 aromatic rings. The lowest BCUT2D eigenvalue weighted by atomic mass is 10.3. The van der Waals surface area contributed by atoms with Crippen molar-refractivity contribution in [2.75, 3.05) is 5.73 Å². The zero-order chi connectivity index (χ0) is 12.4. The van der Waals surface area contributed by atoms with Crippen molar-refractivity contribution in [3.8, 4) is 11.6 Å². The standard InChI is InChI=1S/C12H10BrFN2O/c1-7-2-4-10(15)12(16-7)17-11-5-3-8(13)6-9(11)14/h2-6H,15H2,1H3. The molecule has 1 aromatic heterocycles. The van der Waals surface area contributed by atoms with Crippen LogP contribution in [0.1, 0.15) is 5.69 Å². The summed E-state index contributed by atoms with van der Waals surface area (Å²) in [6.07, 6.45) is 0. The molecule has 0 radical (unpaired) electrons. The van der Waals surface area contributed by atoms with Gasteiger partial charge in [0, 0.05) is 10.2 Å². The predicted molar refractivity (Wildman–Crippen MR) is 67.6 cm³/mol. The summed E-state index contributed by atoms with van der Waals surface area (Å²) in [5.41, 5.74) is 6.83. The molecule has 2 rings (SSSR count). The quantitative estimate of drug-likeness (QED) is 0.920. The Labute approximate surface area is 107 Å². The first-order valence-corrected chi connectivity index (χ1v) is 5.71. The van der Waals surface area contributed by atoms with Crippen molar-refractivity contribution in [1.82, 2.24) is 4.98 Å². The van der Waals surface area contributed by atoms with E-state index in [1.165, 1.54) is 12.1 Å². The Morgan fingerprint density at radius 3 is 2.76 bits per heavy atom. The topological polar surface area (TPSA) is 48.1 Å². The Kier molecular flexibility index (Phi) is 3.28. The van der Waals surface area contributed by atoms with Crippen LogP contribution in [0.2, 0.25) is 0 Å². The lowest BCUT2D eigenvalue weighted by Crippen LogP contribution is -1.97. The number of benzene rings is 1. The second-order valence-electron chi connectivity index (χ2n) is 3.52. The lowest BCUT2D eigenvalue weighted by molar-refractivity contribution is 0.428. The summed E-state index contributed by atoms with van der Waals surface area (Å²) in [6, 6.07) is 7.96. The molecule has 0 unspecified atom stereocenters. The minimum absolute atomic E-state index is 0.0954. The Morgan fingerprint density at radius 2 is 2.06 bits per heavy atom. The molecule has 0 aliphatic heterocycles. The number of aromatic nitrogens is 1. The summed E-state index contributed by atoms with van der Waals surface area (Å²) in [5, 5.41) is 0. The third kappa shape index (κ3) is 2.74. The summed E-state index contributed by atoms with van der Waals surface area (Å²) >= 11 is 3.17. The predicted octanol–water partition coefficient (Wildman–Crippen LogP) is 3.67. The Bertz CT molecular complexity index is 560. The summed E-state index contributed by atoms with van der Waals surface area (Å²) in [5.74, 6) is -0.161. The molecule has 0 atom stereocenters. The van der Waals surface area contributed by atoms with E-state index in [0.717, 1.165) is 5.69 Å². The molecule has 0 bridgehead atoms. The monoisotopic (exact) mass is 296 g/mol. The zero-order valence-corrected chi connectivity index (χ0v) is 10.7. The molecule has 0 saturated carbocycles. The average molecular weight is 297 g/mol. The van der Waals surface area contributed by atoms with Crippen molar-refractivity contribution in [2.45, 2.75) is 6.92 Å². The summed E-state index contributed by atoms with van der Waals surface area (Å²) in [6.45, 7) is 1.81. The largest absolute Gasteiger partial charge is 0.434 e. The molecule has 88 valence electrons. The number of anilines is 1. The zero-order valence-electron chi connectivity index (χ0n) is 9.08. The number of pyridine rings is 1. The maximum absolute atomic E-state index is 13.5. The molecule has 0 spiro atoms. The SMILES string of the molecule is Cc1ccc(N)c(Oc2ccc(Br)cc2F)n1. The van der Waals surface area contributed by atoms with Gasteiger partial charge in [-0.05, 0) is 37.3 Å². The van der Waals surface area contributed by atoms with Crippen LogP contribution in [-0.4, -0.2) is 4.98 Å². The summed E-state index contributed by atoms with van der Waals surface area (Å²) in [7, 11) is 0. The highest BCUT2D eigenvalue weighted by Gasteiger charge is 2.09. The Morgan fingerprint density at radius 1 is 1.29 bits per heavy atom. The van der Waals surface area contributed by atoms with Gasteiger partial charge in [-0.15, -0.1) is 0 Å². The second-order valence-corrected chi connectivity index (χ2v) is 4.44. The van der Waals surface area contributed by atoms with Gasteiger partial charge in [0.05, 0.1) is 5.69 Å². The molecule has 5 heteroatoms. The maximum atomic E-state index is 13.5. The van der Waals surface area contributed by atoms with Crippen molar-refractivity contribution in [1.29, 1.82) is 0 Å². The Hall–Kier alpha value is -1.62. The number of aryl methyl sites for hydroxylation is 1. The number of hydrogen-bond donors (Lipinski definition) is 1. The van der Waals surface area contributed by atoms with Crippen molar-refractivity contribution >= 4 is 21.6 Å². The Balaban J connectivity index is 2.34. The van der Waals surface area contributed by atoms with E-state index in [0.29, 0.717) is 10.2 Å². The average Bonchev–Trinajstić information content (AvgIpc) is 2.27. The molecular weight excluding hydrogens is 287 g/mol. The van der Waals surface area contributed by atoms with Gasteiger partial charge in [-0.2, -0.15) is 0 Å². The lowest BCUT2D eigenvalue weighted by Gasteiger charge is -2.08. The second kappa shape index (κ2) is 4.71. The first kappa shape index (κ1) is 11.9. The number of ether oxygens (including phenoxy) is 1. The number of rotatable bonds is 2. The van der Waals surface area contributed by atoms with Crippen molar-refractivity contribution in [3.05, 3.63) is 46.3 Å². The number of halogens is 2. The van der Waals surface area contributed by atoms with Crippen LogP contribution in [-0.2, 0) is 0 Å². The van der Waals surface area contributed by atoms with Gasteiger partial charge in [-0.3, -0.25) is 0 Å². The normalized spacial score (nSPS) is 10.3. The van der Waals surface area contributed by atoms with Crippen molar-refractivity contribution in [3.63, 3.8) is 0 Å². The highest BCUT2D eigenvalue weighted by atomic mass is 79.9. The van der Waals surface area contributed by atoms with Crippen LogP contribution < -0.4 is 10.5 Å². The minimum atomic E-state index is -0.470. The minimum Gasteiger partial charge on any atom is -0.434 e. The molecule has 0 saturated heterocycles. The van der Waals surface area contributed by atoms with E-state index >= 15 is 0 Å². The fourth-order valence-corrected chi connectivity index (χ4v) is 1.62. The number of hydrogen-bond acceptors (Lipinski definition) is 3. The summed E-state index contributed by atoms with van der Waals surface area (Å²) < 4.78 is 19.5. The van der Waals surface area contributed by atoms with Crippen LogP contribution in [0.5, 0.6) is 11.6 Å². The van der Waals surface area contributed by atoms with E-state index in [1.54, 1.807) is 18.2 Å². The van der Waals surface area contributed by atoms with E-state index in [2.05, 4.69) is 20.9 Å². The molecule has 0 amide bonds. The number of nitrogen functional groups attached to an aromatic ring is 1. The molecule has 1 aromatic carbocycles. The van der Waals surface area contributed by atoms with Gasteiger partial charge in [0.1, 0.15) is 0 Å². The molecule has 2 N–H and O–H groups in total. The van der Waals surface area contributed by atoms with Gasteiger partial charge in [-0.25, -0.2) is 9.37 Å². The van der Waals surface area contributed by atoms with Crippen LogP contribution in [0, 0.1) is 12.7 Å². The molecule has 0 aliphatic rings. The van der Waals surface area contributed by atoms with Gasteiger partial charge >= 0.3 is 0 Å². The van der Waals surface area contributed by atoms with Crippen molar-refractivity contribution < 1.29 is 9.13 Å². The third-order valence-electron chi connectivity index (χ3n) is 2.13. The van der Waals surface area contributed by atoms with Gasteiger partial charge in [0.15, 0.2) is 11.6 Å². The first-order chi connectivity index (χ1) is 8.06. The van der Waals surface area contributed by atoms with E-state index in [4.69, 9.17) is 10.5 Å². The van der Waals surface area contributed by atoms with E-state index < -0.39 is 5.82 Å². The number of nitrogens with zero attached hydrogens (tertiary/aromatic N) is 1. The van der Waals surface area contributed by atoms with Crippen molar-refractivity contribution in [2.24, 2.45) is 0 Å². The van der Waals surface area contributed by atoms with Crippen LogP contribution in [0.4, 0.5) is 10.1 Å².